The Labute approximate surface area is 236 Å². The Kier molecular flexibility index (Phi) is 13.7. The molecule has 1 rings (SSSR count). The van der Waals surface area contributed by atoms with Gasteiger partial charge in [0.05, 0.1) is 19.1 Å². The Morgan fingerprint density at radius 1 is 0.732 bits per heavy atom. The van der Waals surface area contributed by atoms with Gasteiger partial charge in [0.2, 0.25) is 23.6 Å². The Balaban J connectivity index is 3.16. The number of rotatable bonds is 16. The summed E-state index contributed by atoms with van der Waals surface area (Å²) in [6.07, 6.45) is -0.785. The monoisotopic (exact) mass is 581 g/mol. The van der Waals surface area contributed by atoms with Gasteiger partial charge < -0.3 is 47.4 Å². The van der Waals surface area contributed by atoms with Crippen LogP contribution in [-0.4, -0.2) is 92.8 Å². The van der Waals surface area contributed by atoms with E-state index in [9.17, 15) is 39.0 Å². The van der Waals surface area contributed by atoms with Gasteiger partial charge in [-0.2, -0.15) is 0 Å². The van der Waals surface area contributed by atoms with Crippen LogP contribution in [0, 0.1) is 11.8 Å². The second-order valence-corrected chi connectivity index (χ2v) is 10.2. The summed E-state index contributed by atoms with van der Waals surface area (Å²) < 4.78 is 0. The number of carbonyl (C=O) groups is 6. The minimum absolute atomic E-state index is 0.0313. The van der Waals surface area contributed by atoms with E-state index >= 15 is 0 Å². The minimum atomic E-state index is -1.59. The zero-order valence-electron chi connectivity index (χ0n) is 23.3. The lowest BCUT2D eigenvalue weighted by atomic mass is 9.98. The van der Waals surface area contributed by atoms with Crippen LogP contribution in [0.15, 0.2) is 24.3 Å². The molecule has 0 spiro atoms. The number of nitrogens with two attached hydrogens (primary N) is 1. The lowest BCUT2D eigenvalue weighted by molar-refractivity contribution is -0.143. The van der Waals surface area contributed by atoms with E-state index in [0.29, 0.717) is 5.56 Å². The van der Waals surface area contributed by atoms with Crippen molar-refractivity contribution in [3.8, 4) is 5.75 Å². The van der Waals surface area contributed by atoms with E-state index in [2.05, 4.69) is 21.3 Å². The summed E-state index contributed by atoms with van der Waals surface area (Å²) in [6, 6.07) is -1.00. The molecule has 1 aromatic rings. The maximum absolute atomic E-state index is 13.3. The highest BCUT2D eigenvalue weighted by molar-refractivity contribution is 5.96. The average Bonchev–Trinajstić information content (AvgIpc) is 2.88. The van der Waals surface area contributed by atoms with E-state index in [1.54, 1.807) is 27.7 Å². The van der Waals surface area contributed by atoms with Crippen LogP contribution >= 0.6 is 0 Å². The van der Waals surface area contributed by atoms with Crippen LogP contribution in [0.5, 0.6) is 5.75 Å². The van der Waals surface area contributed by atoms with Gasteiger partial charge in [0.25, 0.3) is 0 Å². The number of amides is 4. The van der Waals surface area contributed by atoms with Gasteiger partial charge in [-0.25, -0.2) is 4.79 Å². The van der Waals surface area contributed by atoms with Crippen molar-refractivity contribution in [3.05, 3.63) is 29.8 Å². The third-order valence-corrected chi connectivity index (χ3v) is 6.03. The molecule has 10 N–H and O–H groups in total. The Hall–Kier alpha value is -4.24. The van der Waals surface area contributed by atoms with E-state index in [-0.39, 0.29) is 12.2 Å². The molecule has 0 aliphatic carbocycles. The molecule has 0 bridgehead atoms. The van der Waals surface area contributed by atoms with Crippen LogP contribution in [-0.2, 0) is 35.2 Å². The second-order valence-electron chi connectivity index (χ2n) is 10.2. The normalized spacial score (nSPS) is 14.7. The lowest BCUT2D eigenvalue weighted by Gasteiger charge is -2.29. The number of carboxylic acids is 2. The van der Waals surface area contributed by atoms with Gasteiger partial charge >= 0.3 is 11.9 Å². The first kappa shape index (κ1) is 34.8. The molecule has 0 aliphatic rings. The van der Waals surface area contributed by atoms with Crippen molar-refractivity contribution in [2.24, 2.45) is 17.6 Å². The lowest BCUT2D eigenvalue weighted by Crippen LogP contribution is -2.61. The summed E-state index contributed by atoms with van der Waals surface area (Å²) in [5, 5.41) is 46.4. The highest BCUT2D eigenvalue weighted by Crippen LogP contribution is 2.13. The van der Waals surface area contributed by atoms with Crippen LogP contribution in [0.3, 0.4) is 0 Å². The molecule has 15 heteroatoms. The zero-order valence-corrected chi connectivity index (χ0v) is 23.3. The smallest absolute Gasteiger partial charge is 0.328 e. The maximum atomic E-state index is 13.3. The average molecular weight is 582 g/mol. The van der Waals surface area contributed by atoms with Gasteiger partial charge in [0.15, 0.2) is 0 Å². The van der Waals surface area contributed by atoms with E-state index in [0.717, 1.165) is 0 Å². The van der Waals surface area contributed by atoms with E-state index in [4.69, 9.17) is 15.9 Å². The molecule has 0 aliphatic heterocycles. The number of hydrogen-bond acceptors (Lipinski definition) is 9. The van der Waals surface area contributed by atoms with Crippen molar-refractivity contribution in [1.29, 1.82) is 0 Å². The summed E-state index contributed by atoms with van der Waals surface area (Å²) in [5.41, 5.74) is 6.16. The molecule has 0 aromatic heterocycles. The number of carboxylic acid groups (broad SMARTS) is 2. The van der Waals surface area contributed by atoms with Gasteiger partial charge in [-0.15, -0.1) is 0 Å². The van der Waals surface area contributed by atoms with Gasteiger partial charge in [-0.05, 0) is 29.5 Å². The zero-order chi connectivity index (χ0) is 31.4. The fourth-order valence-corrected chi connectivity index (χ4v) is 3.65. The van der Waals surface area contributed by atoms with Crippen molar-refractivity contribution >= 4 is 35.6 Å². The first-order chi connectivity index (χ1) is 19.1. The van der Waals surface area contributed by atoms with Crippen LogP contribution in [0.4, 0.5) is 0 Å². The van der Waals surface area contributed by atoms with E-state index in [1.165, 1.54) is 24.3 Å². The number of aliphatic carboxylic acids is 2. The third-order valence-electron chi connectivity index (χ3n) is 6.03. The molecule has 41 heavy (non-hydrogen) atoms. The Bertz CT molecular complexity index is 1090. The van der Waals surface area contributed by atoms with Gasteiger partial charge in [0.1, 0.15) is 29.9 Å². The highest BCUT2D eigenvalue weighted by Gasteiger charge is 2.34. The number of aliphatic hydroxyl groups excluding tert-OH is 1. The van der Waals surface area contributed by atoms with Gasteiger partial charge in [-0.3, -0.25) is 24.0 Å². The first-order valence-electron chi connectivity index (χ1n) is 12.9. The fourth-order valence-electron chi connectivity index (χ4n) is 3.65. The van der Waals surface area contributed by atoms with Crippen LogP contribution in [0.25, 0.3) is 0 Å². The van der Waals surface area contributed by atoms with Crippen molar-refractivity contribution in [2.45, 2.75) is 70.7 Å². The third kappa shape index (κ3) is 11.4. The highest BCUT2D eigenvalue weighted by atomic mass is 16.4. The van der Waals surface area contributed by atoms with Gasteiger partial charge in [-0.1, -0.05) is 39.8 Å². The molecule has 0 saturated carbocycles. The number of hydrogen-bond donors (Lipinski definition) is 9. The van der Waals surface area contributed by atoms with Crippen molar-refractivity contribution in [3.63, 3.8) is 0 Å². The minimum Gasteiger partial charge on any atom is -0.508 e. The van der Waals surface area contributed by atoms with E-state index < -0.39 is 90.6 Å². The predicted octanol–water partition coefficient (Wildman–Crippen LogP) is -1.94. The molecule has 0 fully saturated rings. The molecule has 228 valence electrons. The number of carbonyl (C=O) groups excluding carboxylic acids is 4. The topological polar surface area (TPSA) is 257 Å². The standard InChI is InChI=1S/C26H39N5O10/c1-12(2)20(24(38)29-18(11-32)26(40)41)31-25(39)21(13(3)4)30-23(37)17(9-14-5-7-15(33)8-6-14)28-22(36)16(27)10-19(34)35/h5-8,12-13,16-18,20-21,32-33H,9-11,27H2,1-4H3,(H,28,36)(H,29,38)(H,30,37)(H,31,39)(H,34,35)(H,40,41). The second kappa shape index (κ2) is 16.1. The van der Waals surface area contributed by atoms with Crippen LogP contribution in [0.2, 0.25) is 0 Å². The SMILES string of the molecule is CC(C)C(NC(=O)C(Cc1ccc(O)cc1)NC(=O)C(N)CC(=O)O)C(=O)NC(C(=O)NC(CO)C(=O)O)C(C)C. The Morgan fingerprint density at radius 3 is 1.63 bits per heavy atom. The summed E-state index contributed by atoms with van der Waals surface area (Å²) in [5.74, 6) is -7.18. The molecule has 0 radical (unpaired) electrons. The number of nitrogens with one attached hydrogen (secondary N) is 4. The molecule has 4 amide bonds. The number of phenolic OH excluding ortho intramolecular Hbond substituents is 1. The number of phenols is 1. The molecule has 5 atom stereocenters. The number of benzene rings is 1. The molecule has 0 heterocycles. The first-order valence-corrected chi connectivity index (χ1v) is 12.9. The van der Waals surface area contributed by atoms with Gasteiger partial charge in [0, 0.05) is 6.42 Å². The molecule has 5 unspecified atom stereocenters. The quantitative estimate of drug-likeness (QED) is 0.104. The van der Waals surface area contributed by atoms with Crippen LogP contribution in [0.1, 0.15) is 39.7 Å². The molecule has 0 saturated heterocycles. The predicted molar refractivity (Wildman–Crippen MR) is 144 cm³/mol. The maximum Gasteiger partial charge on any atom is 0.328 e. The summed E-state index contributed by atoms with van der Waals surface area (Å²) in [4.78, 5) is 74.0. The van der Waals surface area contributed by atoms with E-state index in [1.807, 2.05) is 0 Å². The fraction of sp³-hybridized carbons (Fsp3) is 0.538. The summed E-state index contributed by atoms with van der Waals surface area (Å²) in [6.45, 7) is 5.58. The summed E-state index contributed by atoms with van der Waals surface area (Å²) in [7, 11) is 0. The van der Waals surface area contributed by atoms with Crippen LogP contribution < -0.4 is 27.0 Å². The number of aromatic hydroxyl groups is 1. The largest absolute Gasteiger partial charge is 0.508 e. The van der Waals surface area contributed by atoms with Crippen molar-refractivity contribution in [1.82, 2.24) is 21.3 Å². The number of aliphatic hydroxyl groups is 1. The Morgan fingerprint density at radius 2 is 1.20 bits per heavy atom. The van der Waals surface area contributed by atoms with Crippen molar-refractivity contribution in [2.75, 3.05) is 6.61 Å². The molecular weight excluding hydrogens is 542 g/mol. The molecular formula is C26H39N5O10. The van der Waals surface area contributed by atoms with Crippen molar-refractivity contribution < 1.29 is 49.2 Å². The molecule has 15 nitrogen and oxygen atoms in total. The molecule has 1 aromatic carbocycles. The summed E-state index contributed by atoms with van der Waals surface area (Å²) >= 11 is 0.